The Morgan fingerprint density at radius 2 is 2.00 bits per heavy atom. The van der Waals surface area contributed by atoms with Gasteiger partial charge in [-0.1, -0.05) is 0 Å². The summed E-state index contributed by atoms with van der Waals surface area (Å²) in [6.45, 7) is 5.92. The normalized spacial score (nSPS) is 39.6. The highest BCUT2D eigenvalue weighted by Gasteiger charge is 2.34. The molecule has 1 N–H and O–H groups in total. The Bertz CT molecular complexity index is 120. The molecule has 60 valence electrons. The molecule has 0 spiro atoms. The summed E-state index contributed by atoms with van der Waals surface area (Å²) in [4.78, 5) is 0. The second kappa shape index (κ2) is 2.51. The Balaban J connectivity index is 2.55. The molecule has 2 nitrogen and oxygen atoms in total. The third-order valence-corrected chi connectivity index (χ3v) is 2.15. The lowest BCUT2D eigenvalue weighted by atomic mass is 9.92. The van der Waals surface area contributed by atoms with E-state index in [0.717, 1.165) is 12.8 Å². The molecule has 1 rings (SSSR count). The van der Waals surface area contributed by atoms with Gasteiger partial charge >= 0.3 is 0 Å². The summed E-state index contributed by atoms with van der Waals surface area (Å²) in [6, 6.07) is 0. The number of aliphatic hydroxyl groups is 1. The largest absolute Gasteiger partial charge is 0.390 e. The molecule has 0 aromatic carbocycles. The molecule has 1 aliphatic heterocycles. The smallest absolute Gasteiger partial charge is 0.0887 e. The number of rotatable bonds is 0. The predicted molar refractivity (Wildman–Crippen MR) is 39.9 cm³/mol. The van der Waals surface area contributed by atoms with Crippen LogP contribution in [0.2, 0.25) is 0 Å². The van der Waals surface area contributed by atoms with Crippen molar-refractivity contribution >= 4 is 0 Å². The minimum atomic E-state index is -0.336. The fraction of sp³-hybridized carbons (Fsp3) is 1.00. The van der Waals surface area contributed by atoms with Gasteiger partial charge in [0.2, 0.25) is 0 Å². The molecular formula is C8H16O2. The van der Waals surface area contributed by atoms with Crippen LogP contribution in [-0.2, 0) is 4.74 Å². The molecule has 0 aliphatic carbocycles. The molecule has 10 heavy (non-hydrogen) atoms. The molecule has 0 aromatic heterocycles. The molecule has 2 unspecified atom stereocenters. The lowest BCUT2D eigenvalue weighted by Gasteiger charge is -2.38. The summed E-state index contributed by atoms with van der Waals surface area (Å²) in [7, 11) is 0. The standard InChI is InChI=1S/C8H16O2/c1-6-4-5-7(9)8(2,3)10-6/h6-7,9H,4-5H2,1-3H3. The van der Waals surface area contributed by atoms with Crippen molar-refractivity contribution in [3.8, 4) is 0 Å². The first kappa shape index (κ1) is 8.02. The first-order valence-electron chi connectivity index (χ1n) is 3.88. The first-order chi connectivity index (χ1) is 4.52. The van der Waals surface area contributed by atoms with Crippen LogP contribution < -0.4 is 0 Å². The number of ether oxygens (including phenoxy) is 1. The zero-order valence-corrected chi connectivity index (χ0v) is 6.92. The topological polar surface area (TPSA) is 29.5 Å². The van der Waals surface area contributed by atoms with E-state index < -0.39 is 0 Å². The SMILES string of the molecule is CC1CCC(O)C(C)(C)O1. The number of hydrogen-bond donors (Lipinski definition) is 1. The molecule has 2 heteroatoms. The van der Waals surface area contributed by atoms with Gasteiger partial charge in [0.1, 0.15) is 0 Å². The maximum absolute atomic E-state index is 9.43. The zero-order valence-electron chi connectivity index (χ0n) is 6.92. The summed E-state index contributed by atoms with van der Waals surface area (Å²) in [5.41, 5.74) is -0.336. The van der Waals surface area contributed by atoms with Crippen molar-refractivity contribution in [2.45, 2.75) is 51.4 Å². The Kier molecular flexibility index (Phi) is 2.02. The van der Waals surface area contributed by atoms with E-state index in [1.807, 2.05) is 20.8 Å². The molecular weight excluding hydrogens is 128 g/mol. The van der Waals surface area contributed by atoms with E-state index in [9.17, 15) is 5.11 Å². The van der Waals surface area contributed by atoms with Crippen molar-refractivity contribution in [3.05, 3.63) is 0 Å². The summed E-state index contributed by atoms with van der Waals surface area (Å²) >= 11 is 0. The van der Waals surface area contributed by atoms with E-state index in [1.54, 1.807) is 0 Å². The number of aliphatic hydroxyl groups excluding tert-OH is 1. The van der Waals surface area contributed by atoms with Gasteiger partial charge in [0, 0.05) is 0 Å². The molecule has 0 saturated carbocycles. The van der Waals surface area contributed by atoms with Gasteiger partial charge < -0.3 is 9.84 Å². The third-order valence-electron chi connectivity index (χ3n) is 2.15. The predicted octanol–water partition coefficient (Wildman–Crippen LogP) is 1.32. The van der Waals surface area contributed by atoms with Crippen LogP contribution in [0.25, 0.3) is 0 Å². The maximum Gasteiger partial charge on any atom is 0.0887 e. The van der Waals surface area contributed by atoms with Gasteiger partial charge in [0.25, 0.3) is 0 Å². The average Bonchev–Trinajstić information content (AvgIpc) is 1.78. The highest BCUT2D eigenvalue weighted by atomic mass is 16.5. The van der Waals surface area contributed by atoms with Gasteiger partial charge in [-0.15, -0.1) is 0 Å². The minimum absolute atomic E-state index is 0.288. The molecule has 0 radical (unpaired) electrons. The average molecular weight is 144 g/mol. The van der Waals surface area contributed by atoms with E-state index in [-0.39, 0.29) is 11.7 Å². The van der Waals surface area contributed by atoms with Gasteiger partial charge in [-0.3, -0.25) is 0 Å². The zero-order chi connectivity index (χ0) is 7.78. The van der Waals surface area contributed by atoms with Crippen LogP contribution in [0.4, 0.5) is 0 Å². The van der Waals surface area contributed by atoms with Crippen molar-refractivity contribution in [1.82, 2.24) is 0 Å². The maximum atomic E-state index is 9.43. The number of hydrogen-bond acceptors (Lipinski definition) is 2. The molecule has 1 heterocycles. The summed E-state index contributed by atoms with van der Waals surface area (Å²) in [6.07, 6.45) is 1.86. The van der Waals surface area contributed by atoms with E-state index in [2.05, 4.69) is 0 Å². The van der Waals surface area contributed by atoms with Crippen LogP contribution in [0.5, 0.6) is 0 Å². The molecule has 1 aliphatic rings. The fourth-order valence-corrected chi connectivity index (χ4v) is 1.40. The second-order valence-corrected chi connectivity index (χ2v) is 3.63. The first-order valence-corrected chi connectivity index (χ1v) is 3.88. The highest BCUT2D eigenvalue weighted by molar-refractivity contribution is 4.84. The van der Waals surface area contributed by atoms with E-state index in [0.29, 0.717) is 6.10 Å². The third kappa shape index (κ3) is 1.50. The quantitative estimate of drug-likeness (QED) is 0.555. The molecule has 0 amide bonds. The van der Waals surface area contributed by atoms with Gasteiger partial charge in [0.05, 0.1) is 17.8 Å². The van der Waals surface area contributed by atoms with Gasteiger partial charge in [-0.05, 0) is 33.6 Å². The monoisotopic (exact) mass is 144 g/mol. The van der Waals surface area contributed by atoms with E-state index in [4.69, 9.17) is 4.74 Å². The van der Waals surface area contributed by atoms with Crippen LogP contribution in [0.3, 0.4) is 0 Å². The van der Waals surface area contributed by atoms with Gasteiger partial charge in [0.15, 0.2) is 0 Å². The lowest BCUT2D eigenvalue weighted by Crippen LogP contribution is -2.45. The Labute approximate surface area is 62.2 Å². The van der Waals surface area contributed by atoms with E-state index in [1.165, 1.54) is 0 Å². The minimum Gasteiger partial charge on any atom is -0.390 e. The Hall–Kier alpha value is -0.0800. The Morgan fingerprint density at radius 1 is 1.40 bits per heavy atom. The summed E-state index contributed by atoms with van der Waals surface area (Å²) < 4.78 is 5.54. The molecule has 1 saturated heterocycles. The van der Waals surface area contributed by atoms with Crippen LogP contribution in [0.1, 0.15) is 33.6 Å². The van der Waals surface area contributed by atoms with Crippen LogP contribution in [0.15, 0.2) is 0 Å². The fourth-order valence-electron chi connectivity index (χ4n) is 1.40. The molecule has 0 aromatic rings. The van der Waals surface area contributed by atoms with Gasteiger partial charge in [-0.2, -0.15) is 0 Å². The second-order valence-electron chi connectivity index (χ2n) is 3.63. The van der Waals surface area contributed by atoms with Crippen molar-refractivity contribution in [1.29, 1.82) is 0 Å². The van der Waals surface area contributed by atoms with Crippen molar-refractivity contribution < 1.29 is 9.84 Å². The summed E-state index contributed by atoms with van der Waals surface area (Å²) in [5.74, 6) is 0. The van der Waals surface area contributed by atoms with Crippen LogP contribution in [-0.4, -0.2) is 22.9 Å². The van der Waals surface area contributed by atoms with Crippen molar-refractivity contribution in [2.75, 3.05) is 0 Å². The lowest BCUT2D eigenvalue weighted by molar-refractivity contribution is -0.164. The van der Waals surface area contributed by atoms with Crippen molar-refractivity contribution in [2.24, 2.45) is 0 Å². The summed E-state index contributed by atoms with van der Waals surface area (Å²) in [5, 5.41) is 9.43. The Morgan fingerprint density at radius 3 is 2.40 bits per heavy atom. The molecule has 2 atom stereocenters. The van der Waals surface area contributed by atoms with Crippen LogP contribution >= 0.6 is 0 Å². The van der Waals surface area contributed by atoms with Crippen molar-refractivity contribution in [3.63, 3.8) is 0 Å². The molecule has 1 fully saturated rings. The van der Waals surface area contributed by atoms with Gasteiger partial charge in [-0.25, -0.2) is 0 Å². The van der Waals surface area contributed by atoms with E-state index >= 15 is 0 Å². The highest BCUT2D eigenvalue weighted by Crippen LogP contribution is 2.27. The van der Waals surface area contributed by atoms with Crippen LogP contribution in [0, 0.1) is 0 Å². The molecule has 0 bridgehead atoms.